The molecule has 3 heteroatoms. The quantitative estimate of drug-likeness (QED) is 0.705. The van der Waals surface area contributed by atoms with Gasteiger partial charge in [0.05, 0.1) is 19.3 Å². The Morgan fingerprint density at radius 3 is 2.29 bits per heavy atom. The van der Waals surface area contributed by atoms with Gasteiger partial charge in [0.15, 0.2) is 0 Å². The molecule has 1 aliphatic heterocycles. The maximum Gasteiger partial charge on any atom is 0.105 e. The smallest absolute Gasteiger partial charge is 0.105 e. The van der Waals surface area contributed by atoms with Crippen molar-refractivity contribution in [3.8, 4) is 0 Å². The Morgan fingerprint density at radius 1 is 1.29 bits per heavy atom. The first kappa shape index (κ1) is 12.0. The molecule has 1 rings (SSSR count). The first-order valence-corrected chi connectivity index (χ1v) is 5.56. The van der Waals surface area contributed by atoms with Gasteiger partial charge in [0, 0.05) is 12.6 Å². The second-order valence-electron chi connectivity index (χ2n) is 4.64. The Kier molecular flexibility index (Phi) is 4.85. The van der Waals surface area contributed by atoms with Crippen molar-refractivity contribution >= 4 is 0 Å². The van der Waals surface area contributed by atoms with Crippen molar-refractivity contribution in [3.05, 3.63) is 0 Å². The van der Waals surface area contributed by atoms with Gasteiger partial charge in [-0.3, -0.25) is 0 Å². The first-order chi connectivity index (χ1) is 6.59. The van der Waals surface area contributed by atoms with Crippen molar-refractivity contribution in [3.63, 3.8) is 0 Å². The monoisotopic (exact) mass is 201 g/mol. The summed E-state index contributed by atoms with van der Waals surface area (Å²) in [6.45, 7) is 11.2. The Balaban J connectivity index is 2.23. The lowest BCUT2D eigenvalue weighted by molar-refractivity contribution is -0.162. The van der Waals surface area contributed by atoms with Gasteiger partial charge >= 0.3 is 0 Å². The topological polar surface area (TPSA) is 30.5 Å². The van der Waals surface area contributed by atoms with Crippen LogP contribution in [0.4, 0.5) is 0 Å². The van der Waals surface area contributed by atoms with E-state index in [1.807, 2.05) is 0 Å². The van der Waals surface area contributed by atoms with Crippen LogP contribution >= 0.6 is 0 Å². The Labute approximate surface area is 87.2 Å². The minimum atomic E-state index is 0.311. The Bertz CT molecular complexity index is 155. The highest BCUT2D eigenvalue weighted by molar-refractivity contribution is 4.73. The van der Waals surface area contributed by atoms with Crippen LogP contribution in [-0.2, 0) is 9.47 Å². The lowest BCUT2D eigenvalue weighted by Crippen LogP contribution is -2.44. The fraction of sp³-hybridized carbons (Fsp3) is 1.00. The van der Waals surface area contributed by atoms with Crippen LogP contribution in [0.5, 0.6) is 0 Å². The highest BCUT2D eigenvalue weighted by Crippen LogP contribution is 2.13. The maximum absolute atomic E-state index is 5.91. The van der Waals surface area contributed by atoms with Gasteiger partial charge in [-0.05, 0) is 5.92 Å². The third-order valence-electron chi connectivity index (χ3n) is 2.45. The molecule has 1 unspecified atom stereocenters. The highest BCUT2D eigenvalue weighted by atomic mass is 16.6. The number of nitrogens with one attached hydrogen (secondary N) is 1. The van der Waals surface area contributed by atoms with Crippen molar-refractivity contribution < 1.29 is 9.47 Å². The molecular formula is C11H23NO2. The molecule has 0 aromatic rings. The maximum atomic E-state index is 5.91. The molecular weight excluding hydrogens is 178 g/mol. The molecule has 1 saturated heterocycles. The molecule has 84 valence electrons. The molecule has 1 N–H and O–H groups in total. The third-order valence-corrected chi connectivity index (χ3v) is 2.45. The molecule has 0 bridgehead atoms. The van der Waals surface area contributed by atoms with Gasteiger partial charge in [0.1, 0.15) is 6.10 Å². The van der Waals surface area contributed by atoms with E-state index in [9.17, 15) is 0 Å². The average Bonchev–Trinajstić information content (AvgIpc) is 1.99. The van der Waals surface area contributed by atoms with Gasteiger partial charge in [0.2, 0.25) is 0 Å². The second kappa shape index (κ2) is 5.69. The van der Waals surface area contributed by atoms with E-state index in [4.69, 9.17) is 9.47 Å². The summed E-state index contributed by atoms with van der Waals surface area (Å²) in [6.07, 6.45) is 0.641. The van der Waals surface area contributed by atoms with Crippen molar-refractivity contribution in [1.29, 1.82) is 0 Å². The lowest BCUT2D eigenvalue weighted by Gasteiger charge is -2.33. The first-order valence-electron chi connectivity index (χ1n) is 5.56. The summed E-state index contributed by atoms with van der Waals surface area (Å²) in [5.41, 5.74) is 0. The van der Waals surface area contributed by atoms with Gasteiger partial charge in [-0.25, -0.2) is 0 Å². The van der Waals surface area contributed by atoms with Crippen LogP contribution in [0.1, 0.15) is 27.7 Å². The Morgan fingerprint density at radius 2 is 1.93 bits per heavy atom. The van der Waals surface area contributed by atoms with Crippen LogP contribution in [0.25, 0.3) is 0 Å². The molecule has 0 spiro atoms. The van der Waals surface area contributed by atoms with Crippen LogP contribution < -0.4 is 5.32 Å². The SMILES string of the molecule is CC(C)NCC(OC1COC1)C(C)C. The summed E-state index contributed by atoms with van der Waals surface area (Å²) in [7, 11) is 0. The van der Waals surface area contributed by atoms with Crippen LogP contribution in [0, 0.1) is 5.92 Å². The van der Waals surface area contributed by atoms with Crippen molar-refractivity contribution in [1.82, 2.24) is 5.32 Å². The molecule has 0 aromatic heterocycles. The number of hydrogen-bond donors (Lipinski definition) is 1. The zero-order chi connectivity index (χ0) is 10.6. The van der Waals surface area contributed by atoms with E-state index in [1.165, 1.54) is 0 Å². The van der Waals surface area contributed by atoms with E-state index in [0.29, 0.717) is 24.2 Å². The summed E-state index contributed by atoms with van der Waals surface area (Å²) >= 11 is 0. The van der Waals surface area contributed by atoms with Gasteiger partial charge < -0.3 is 14.8 Å². The Hall–Kier alpha value is -0.120. The lowest BCUT2D eigenvalue weighted by atomic mass is 10.1. The zero-order valence-corrected chi connectivity index (χ0v) is 9.75. The average molecular weight is 201 g/mol. The summed E-state index contributed by atoms with van der Waals surface area (Å²) in [4.78, 5) is 0. The van der Waals surface area contributed by atoms with E-state index in [2.05, 4.69) is 33.0 Å². The minimum Gasteiger partial charge on any atom is -0.376 e. The molecule has 0 aromatic carbocycles. The molecule has 1 atom stereocenters. The molecule has 0 saturated carbocycles. The molecule has 14 heavy (non-hydrogen) atoms. The van der Waals surface area contributed by atoms with E-state index < -0.39 is 0 Å². The zero-order valence-electron chi connectivity index (χ0n) is 9.75. The summed E-state index contributed by atoms with van der Waals surface area (Å²) in [6, 6.07) is 0.525. The van der Waals surface area contributed by atoms with Crippen molar-refractivity contribution in [2.75, 3.05) is 19.8 Å². The molecule has 0 aliphatic carbocycles. The van der Waals surface area contributed by atoms with Crippen molar-refractivity contribution in [2.24, 2.45) is 5.92 Å². The molecule has 1 heterocycles. The molecule has 3 nitrogen and oxygen atoms in total. The van der Waals surface area contributed by atoms with Gasteiger partial charge in [-0.1, -0.05) is 27.7 Å². The predicted octanol–water partition coefficient (Wildman–Crippen LogP) is 1.42. The van der Waals surface area contributed by atoms with Gasteiger partial charge in [-0.2, -0.15) is 0 Å². The molecule has 0 amide bonds. The van der Waals surface area contributed by atoms with Crippen LogP contribution in [0.15, 0.2) is 0 Å². The number of ether oxygens (including phenoxy) is 2. The predicted molar refractivity (Wildman–Crippen MR) is 57.5 cm³/mol. The summed E-state index contributed by atoms with van der Waals surface area (Å²) in [5.74, 6) is 0.557. The van der Waals surface area contributed by atoms with Gasteiger partial charge in [-0.15, -0.1) is 0 Å². The normalized spacial score (nSPS) is 20.1. The van der Waals surface area contributed by atoms with E-state index in [1.54, 1.807) is 0 Å². The fourth-order valence-electron chi connectivity index (χ4n) is 1.33. The second-order valence-corrected chi connectivity index (χ2v) is 4.64. The summed E-state index contributed by atoms with van der Waals surface area (Å²) in [5, 5.41) is 3.41. The fourth-order valence-corrected chi connectivity index (χ4v) is 1.33. The minimum absolute atomic E-state index is 0.311. The van der Waals surface area contributed by atoms with E-state index in [-0.39, 0.29) is 0 Å². The van der Waals surface area contributed by atoms with Crippen molar-refractivity contribution in [2.45, 2.75) is 45.9 Å². The van der Waals surface area contributed by atoms with Crippen LogP contribution in [-0.4, -0.2) is 38.0 Å². The molecule has 1 fully saturated rings. The van der Waals surface area contributed by atoms with Gasteiger partial charge in [0.25, 0.3) is 0 Å². The summed E-state index contributed by atoms with van der Waals surface area (Å²) < 4.78 is 11.0. The van der Waals surface area contributed by atoms with Crippen LogP contribution in [0.2, 0.25) is 0 Å². The standard InChI is InChI=1S/C11H23NO2/c1-8(2)11(5-12-9(3)4)14-10-6-13-7-10/h8-12H,5-7H2,1-4H3. The molecule has 0 radical (unpaired) electrons. The highest BCUT2D eigenvalue weighted by Gasteiger charge is 2.25. The molecule has 1 aliphatic rings. The third kappa shape index (κ3) is 3.95. The largest absolute Gasteiger partial charge is 0.376 e. The van der Waals surface area contributed by atoms with Crippen LogP contribution in [0.3, 0.4) is 0 Å². The van der Waals surface area contributed by atoms with E-state index in [0.717, 1.165) is 19.8 Å². The number of hydrogen-bond acceptors (Lipinski definition) is 3. The van der Waals surface area contributed by atoms with E-state index >= 15 is 0 Å². The number of rotatable bonds is 6.